The fourth-order valence-corrected chi connectivity index (χ4v) is 3.33. The molecule has 25 heavy (non-hydrogen) atoms. The standard InChI is InChI=1S/C18H19N3O3S/c1-11(22)12-9-15(19-10-12)17(23)20-13-4-6-14(7-5-13)21-18(24)16-3-2-8-25-16/h2-8,12,15,19H,9-10H2,1H3,(H,20,23)(H,21,24). The summed E-state index contributed by atoms with van der Waals surface area (Å²) in [6.07, 6.45) is 0.524. The molecule has 1 aliphatic heterocycles. The molecule has 1 aromatic heterocycles. The molecule has 0 aliphatic carbocycles. The summed E-state index contributed by atoms with van der Waals surface area (Å²) in [7, 11) is 0. The van der Waals surface area contributed by atoms with Crippen molar-refractivity contribution < 1.29 is 14.4 Å². The first-order chi connectivity index (χ1) is 12.0. The number of carbonyl (C=O) groups is 3. The van der Waals surface area contributed by atoms with E-state index in [4.69, 9.17) is 0 Å². The first-order valence-corrected chi connectivity index (χ1v) is 8.90. The van der Waals surface area contributed by atoms with Crippen LogP contribution in [-0.2, 0) is 9.59 Å². The Morgan fingerprint density at radius 3 is 2.32 bits per heavy atom. The maximum absolute atomic E-state index is 12.2. The van der Waals surface area contributed by atoms with Crippen molar-refractivity contribution in [1.82, 2.24) is 5.32 Å². The van der Waals surface area contributed by atoms with E-state index in [0.29, 0.717) is 29.2 Å². The van der Waals surface area contributed by atoms with Gasteiger partial charge in [0, 0.05) is 23.8 Å². The van der Waals surface area contributed by atoms with Gasteiger partial charge in [0.2, 0.25) is 5.91 Å². The highest BCUT2D eigenvalue weighted by Crippen LogP contribution is 2.19. The Bertz CT molecular complexity index is 771. The summed E-state index contributed by atoms with van der Waals surface area (Å²) in [5, 5.41) is 10.6. The first kappa shape index (κ1) is 17.3. The molecule has 1 fully saturated rings. The minimum Gasteiger partial charge on any atom is -0.325 e. The SMILES string of the molecule is CC(=O)C1CNC(C(=O)Nc2ccc(NC(=O)c3cccs3)cc2)C1. The summed E-state index contributed by atoms with van der Waals surface area (Å²) in [5.74, 6) is -0.296. The molecule has 130 valence electrons. The highest BCUT2D eigenvalue weighted by molar-refractivity contribution is 7.12. The molecule has 1 aromatic carbocycles. The summed E-state index contributed by atoms with van der Waals surface area (Å²) in [6, 6.07) is 10.2. The van der Waals surface area contributed by atoms with E-state index in [2.05, 4.69) is 16.0 Å². The van der Waals surface area contributed by atoms with Crippen LogP contribution < -0.4 is 16.0 Å². The number of ketones is 1. The van der Waals surface area contributed by atoms with Crippen molar-refractivity contribution in [3.63, 3.8) is 0 Å². The third-order valence-electron chi connectivity index (χ3n) is 4.18. The van der Waals surface area contributed by atoms with E-state index >= 15 is 0 Å². The van der Waals surface area contributed by atoms with E-state index in [1.807, 2.05) is 11.4 Å². The lowest BCUT2D eigenvalue weighted by atomic mass is 10.0. The zero-order valence-corrected chi connectivity index (χ0v) is 14.6. The zero-order chi connectivity index (χ0) is 17.8. The van der Waals surface area contributed by atoms with E-state index in [-0.39, 0.29) is 29.6 Å². The van der Waals surface area contributed by atoms with E-state index in [1.54, 1.807) is 37.3 Å². The van der Waals surface area contributed by atoms with Crippen LogP contribution in [0, 0.1) is 5.92 Å². The molecule has 1 saturated heterocycles. The Hall–Kier alpha value is -2.51. The van der Waals surface area contributed by atoms with Crippen LogP contribution in [0.5, 0.6) is 0 Å². The van der Waals surface area contributed by atoms with Gasteiger partial charge in [-0.05, 0) is 49.1 Å². The van der Waals surface area contributed by atoms with Crippen LogP contribution >= 0.6 is 11.3 Å². The minimum absolute atomic E-state index is 0.0920. The second kappa shape index (κ2) is 7.58. The average molecular weight is 357 g/mol. The Labute approximate surface area is 149 Å². The molecule has 0 radical (unpaired) electrons. The summed E-state index contributed by atoms with van der Waals surface area (Å²) < 4.78 is 0. The zero-order valence-electron chi connectivity index (χ0n) is 13.7. The number of hydrogen-bond donors (Lipinski definition) is 3. The van der Waals surface area contributed by atoms with Crippen LogP contribution in [-0.4, -0.2) is 30.2 Å². The van der Waals surface area contributed by atoms with Crippen LogP contribution in [0.15, 0.2) is 41.8 Å². The molecular weight excluding hydrogens is 338 g/mol. The molecular formula is C18H19N3O3S. The first-order valence-electron chi connectivity index (χ1n) is 8.02. The summed E-state index contributed by atoms with van der Waals surface area (Å²) >= 11 is 1.38. The van der Waals surface area contributed by atoms with Crippen LogP contribution in [0.4, 0.5) is 11.4 Å². The van der Waals surface area contributed by atoms with Gasteiger partial charge in [0.05, 0.1) is 10.9 Å². The summed E-state index contributed by atoms with van der Waals surface area (Å²) in [6.45, 7) is 2.09. The van der Waals surface area contributed by atoms with Gasteiger partial charge in [-0.15, -0.1) is 11.3 Å². The van der Waals surface area contributed by atoms with Gasteiger partial charge in [0.15, 0.2) is 0 Å². The third-order valence-corrected chi connectivity index (χ3v) is 5.05. The lowest BCUT2D eigenvalue weighted by Crippen LogP contribution is -2.35. The molecule has 2 unspecified atom stereocenters. The molecule has 6 nitrogen and oxygen atoms in total. The lowest BCUT2D eigenvalue weighted by Gasteiger charge is -2.12. The number of rotatable bonds is 5. The maximum Gasteiger partial charge on any atom is 0.265 e. The summed E-state index contributed by atoms with van der Waals surface area (Å²) in [5.41, 5.74) is 1.30. The largest absolute Gasteiger partial charge is 0.325 e. The van der Waals surface area contributed by atoms with Crippen LogP contribution in [0.2, 0.25) is 0 Å². The highest BCUT2D eigenvalue weighted by Gasteiger charge is 2.31. The number of benzene rings is 1. The van der Waals surface area contributed by atoms with Gasteiger partial charge in [-0.1, -0.05) is 6.07 Å². The molecule has 0 bridgehead atoms. The monoisotopic (exact) mass is 357 g/mol. The topological polar surface area (TPSA) is 87.3 Å². The average Bonchev–Trinajstić information content (AvgIpc) is 3.28. The minimum atomic E-state index is -0.355. The number of nitrogens with one attached hydrogen (secondary N) is 3. The van der Waals surface area contributed by atoms with Crippen molar-refractivity contribution in [2.24, 2.45) is 5.92 Å². The Kier molecular flexibility index (Phi) is 5.25. The fraction of sp³-hybridized carbons (Fsp3) is 0.278. The number of thiophene rings is 1. The van der Waals surface area contributed by atoms with Crippen LogP contribution in [0.1, 0.15) is 23.0 Å². The number of anilines is 2. The number of amides is 2. The highest BCUT2D eigenvalue weighted by atomic mass is 32.1. The molecule has 2 atom stereocenters. The van der Waals surface area contributed by atoms with Crippen molar-refractivity contribution in [2.75, 3.05) is 17.2 Å². The molecule has 2 amide bonds. The van der Waals surface area contributed by atoms with Gasteiger partial charge in [-0.25, -0.2) is 0 Å². The molecule has 2 heterocycles. The summed E-state index contributed by atoms with van der Waals surface area (Å²) in [4.78, 5) is 36.3. The predicted octanol–water partition coefficient (Wildman–Crippen LogP) is 2.51. The van der Waals surface area contributed by atoms with Crippen molar-refractivity contribution in [3.05, 3.63) is 46.7 Å². The molecule has 1 aliphatic rings. The third kappa shape index (κ3) is 4.32. The van der Waals surface area contributed by atoms with Gasteiger partial charge in [0.1, 0.15) is 5.78 Å². The molecule has 0 spiro atoms. The molecule has 2 aromatic rings. The Balaban J connectivity index is 1.55. The molecule has 7 heteroatoms. The van der Waals surface area contributed by atoms with Gasteiger partial charge in [0.25, 0.3) is 5.91 Å². The van der Waals surface area contributed by atoms with Crippen molar-refractivity contribution in [3.8, 4) is 0 Å². The van der Waals surface area contributed by atoms with Crippen molar-refractivity contribution in [2.45, 2.75) is 19.4 Å². The smallest absolute Gasteiger partial charge is 0.265 e. The van der Waals surface area contributed by atoms with Crippen LogP contribution in [0.25, 0.3) is 0 Å². The van der Waals surface area contributed by atoms with Gasteiger partial charge in [-0.2, -0.15) is 0 Å². The van der Waals surface area contributed by atoms with Gasteiger partial charge >= 0.3 is 0 Å². The van der Waals surface area contributed by atoms with Crippen LogP contribution in [0.3, 0.4) is 0 Å². The van der Waals surface area contributed by atoms with Crippen molar-refractivity contribution >= 4 is 40.3 Å². The predicted molar refractivity (Wildman–Crippen MR) is 97.9 cm³/mol. The molecule has 3 rings (SSSR count). The molecule has 0 saturated carbocycles. The fourth-order valence-electron chi connectivity index (χ4n) is 2.71. The number of carbonyl (C=O) groups excluding carboxylic acids is 3. The second-order valence-corrected chi connectivity index (χ2v) is 6.95. The number of hydrogen-bond acceptors (Lipinski definition) is 5. The quantitative estimate of drug-likeness (QED) is 0.767. The Morgan fingerprint density at radius 2 is 1.76 bits per heavy atom. The Morgan fingerprint density at radius 1 is 1.08 bits per heavy atom. The van der Waals surface area contributed by atoms with E-state index < -0.39 is 0 Å². The lowest BCUT2D eigenvalue weighted by molar-refractivity contribution is -0.120. The van der Waals surface area contributed by atoms with E-state index in [0.717, 1.165) is 0 Å². The van der Waals surface area contributed by atoms with E-state index in [1.165, 1.54) is 11.3 Å². The normalized spacial score (nSPS) is 19.4. The van der Waals surface area contributed by atoms with Gasteiger partial charge < -0.3 is 16.0 Å². The van der Waals surface area contributed by atoms with Crippen molar-refractivity contribution in [1.29, 1.82) is 0 Å². The van der Waals surface area contributed by atoms with Gasteiger partial charge in [-0.3, -0.25) is 14.4 Å². The maximum atomic E-state index is 12.2. The van der Waals surface area contributed by atoms with E-state index in [9.17, 15) is 14.4 Å². The second-order valence-electron chi connectivity index (χ2n) is 6.00. The molecule has 3 N–H and O–H groups in total. The number of Topliss-reactive ketones (excluding diaryl/α,β-unsaturated/α-hetero) is 1.